The van der Waals surface area contributed by atoms with Gasteiger partial charge in [0.15, 0.2) is 8.68 Å². The molecule has 0 saturated carbocycles. The first-order valence-corrected chi connectivity index (χ1v) is 9.97. The molecule has 0 spiro atoms. The van der Waals surface area contributed by atoms with Crippen molar-refractivity contribution in [2.75, 3.05) is 11.1 Å². The molecule has 0 aliphatic rings. The highest BCUT2D eigenvalue weighted by Gasteiger charge is 2.17. The van der Waals surface area contributed by atoms with Gasteiger partial charge < -0.3 is 11.1 Å². The Kier molecular flexibility index (Phi) is 7.07. The van der Waals surface area contributed by atoms with Gasteiger partial charge in [-0.2, -0.15) is 0 Å². The van der Waals surface area contributed by atoms with Crippen molar-refractivity contribution < 1.29 is 9.59 Å². The van der Waals surface area contributed by atoms with Crippen molar-refractivity contribution in [3.8, 4) is 0 Å². The maximum Gasteiger partial charge on any atom is 0.237 e. The number of amides is 2. The molecule has 6 nitrogen and oxygen atoms in total. The molecule has 0 aliphatic heterocycles. The van der Waals surface area contributed by atoms with Crippen molar-refractivity contribution in [3.05, 3.63) is 29.8 Å². The second-order valence-corrected chi connectivity index (χ2v) is 8.68. The summed E-state index contributed by atoms with van der Waals surface area (Å²) in [5.41, 5.74) is 7.10. The molecule has 24 heavy (non-hydrogen) atoms. The molecular weight excluding hydrogens is 364 g/mol. The molecule has 2 aromatic rings. The van der Waals surface area contributed by atoms with Gasteiger partial charge in [0.1, 0.15) is 0 Å². The molecule has 3 N–H and O–H groups in total. The lowest BCUT2D eigenvalue weighted by molar-refractivity contribution is -0.116. The Hall–Kier alpha value is -1.58. The van der Waals surface area contributed by atoms with Crippen molar-refractivity contribution in [1.82, 2.24) is 10.2 Å². The Morgan fingerprint density at radius 1 is 1.25 bits per heavy atom. The molecule has 0 unspecified atom stereocenters. The van der Waals surface area contributed by atoms with Crippen molar-refractivity contribution >= 4 is 52.4 Å². The van der Waals surface area contributed by atoms with Gasteiger partial charge in [-0.25, -0.2) is 0 Å². The van der Waals surface area contributed by atoms with E-state index in [9.17, 15) is 9.59 Å². The van der Waals surface area contributed by atoms with Gasteiger partial charge in [-0.15, -0.1) is 10.2 Å². The van der Waals surface area contributed by atoms with E-state index in [1.54, 1.807) is 0 Å². The molecule has 2 rings (SSSR count). The summed E-state index contributed by atoms with van der Waals surface area (Å²) in [5, 5.41) is 10.6. The Labute approximate surface area is 153 Å². The summed E-state index contributed by atoms with van der Waals surface area (Å²) in [6.45, 7) is 3.91. The average Bonchev–Trinajstić information content (AvgIpc) is 3.01. The highest BCUT2D eigenvalue weighted by molar-refractivity contribution is 8.04. The van der Waals surface area contributed by atoms with E-state index in [-0.39, 0.29) is 16.9 Å². The van der Waals surface area contributed by atoms with Gasteiger partial charge in [0.05, 0.1) is 11.0 Å². The van der Waals surface area contributed by atoms with Gasteiger partial charge in [-0.1, -0.05) is 53.9 Å². The molecule has 0 aliphatic carbocycles. The van der Waals surface area contributed by atoms with Gasteiger partial charge in [-0.05, 0) is 31.0 Å². The molecule has 0 fully saturated rings. The average molecular weight is 383 g/mol. The zero-order valence-corrected chi connectivity index (χ0v) is 15.8. The van der Waals surface area contributed by atoms with Gasteiger partial charge in [0, 0.05) is 5.69 Å². The topological polar surface area (TPSA) is 98.0 Å². The maximum atomic E-state index is 12.3. The number of hydrogen-bond acceptors (Lipinski definition) is 7. The molecular formula is C15H18N4O2S3. The number of primary amides is 1. The summed E-state index contributed by atoms with van der Waals surface area (Å²) in [4.78, 5) is 23.0. The first-order valence-electron chi connectivity index (χ1n) is 7.29. The third-order valence-electron chi connectivity index (χ3n) is 3.00. The van der Waals surface area contributed by atoms with Gasteiger partial charge in [0.25, 0.3) is 0 Å². The lowest BCUT2D eigenvalue weighted by Gasteiger charge is -2.10. The Balaban J connectivity index is 1.87. The van der Waals surface area contributed by atoms with E-state index in [1.807, 2.05) is 31.2 Å². The van der Waals surface area contributed by atoms with Crippen LogP contribution < -0.4 is 11.1 Å². The zero-order valence-electron chi connectivity index (χ0n) is 13.3. The molecule has 9 heteroatoms. The molecule has 1 aromatic heterocycles. The monoisotopic (exact) mass is 382 g/mol. The summed E-state index contributed by atoms with van der Waals surface area (Å²) in [7, 11) is 0. The summed E-state index contributed by atoms with van der Waals surface area (Å²) in [5.74, 6) is -0.319. The predicted molar refractivity (Wildman–Crippen MR) is 99.6 cm³/mol. The second-order valence-electron chi connectivity index (χ2n) is 4.89. The lowest BCUT2D eigenvalue weighted by atomic mass is 10.1. The van der Waals surface area contributed by atoms with E-state index in [1.165, 1.54) is 40.4 Å². The number of carbonyl (C=O) groups is 2. The van der Waals surface area contributed by atoms with E-state index in [0.717, 1.165) is 12.1 Å². The molecule has 128 valence electrons. The summed E-state index contributed by atoms with van der Waals surface area (Å²) in [6, 6.07) is 7.80. The van der Waals surface area contributed by atoms with E-state index >= 15 is 0 Å². The van der Waals surface area contributed by atoms with Crippen LogP contribution in [0.4, 0.5) is 5.69 Å². The third-order valence-corrected chi connectivity index (χ3v) is 6.27. The number of nitrogens with one attached hydrogen (secondary N) is 1. The molecule has 2 amide bonds. The lowest BCUT2D eigenvalue weighted by Crippen LogP contribution is -2.22. The first-order chi connectivity index (χ1) is 11.5. The number of nitrogens with zero attached hydrogens (tertiary/aromatic N) is 2. The van der Waals surface area contributed by atoms with Crippen LogP contribution in [0.1, 0.15) is 19.4 Å². The highest BCUT2D eigenvalue weighted by atomic mass is 32.2. The Morgan fingerprint density at radius 3 is 2.54 bits per heavy atom. The second kappa shape index (κ2) is 9.05. The van der Waals surface area contributed by atoms with Crippen LogP contribution >= 0.6 is 34.9 Å². The number of hydrogen-bond donors (Lipinski definition) is 2. The van der Waals surface area contributed by atoms with Gasteiger partial charge in [-0.3, -0.25) is 9.59 Å². The van der Waals surface area contributed by atoms with Crippen molar-refractivity contribution in [2.45, 2.75) is 34.2 Å². The van der Waals surface area contributed by atoms with Crippen molar-refractivity contribution in [2.24, 2.45) is 5.73 Å². The van der Waals surface area contributed by atoms with E-state index in [4.69, 9.17) is 5.73 Å². The Morgan fingerprint density at radius 2 is 1.92 bits per heavy atom. The molecule has 1 aromatic carbocycles. The number of benzene rings is 1. The molecule has 0 bridgehead atoms. The fourth-order valence-corrected chi connectivity index (χ4v) is 4.61. The maximum absolute atomic E-state index is 12.3. The number of nitrogens with two attached hydrogens (primary N) is 1. The van der Waals surface area contributed by atoms with E-state index in [2.05, 4.69) is 22.4 Å². The van der Waals surface area contributed by atoms with Crippen LogP contribution in [0.2, 0.25) is 0 Å². The Bertz CT molecular complexity index is 703. The third kappa shape index (κ3) is 5.81. The number of rotatable bonds is 8. The van der Waals surface area contributed by atoms with Crippen LogP contribution in [0.25, 0.3) is 0 Å². The fraction of sp³-hybridized carbons (Fsp3) is 0.333. The SMILES string of the molecule is CCc1ccc(NC(=O)[C@@H](C)Sc2nnc(SCC(N)=O)s2)cc1. The number of carbonyl (C=O) groups excluding carboxylic acids is 2. The quantitative estimate of drug-likeness (QED) is 0.681. The number of thioether (sulfide) groups is 2. The minimum Gasteiger partial charge on any atom is -0.369 e. The molecule has 1 heterocycles. The first kappa shape index (κ1) is 18.8. The predicted octanol–water partition coefficient (Wildman–Crippen LogP) is 2.80. The molecule has 1 atom stereocenters. The highest BCUT2D eigenvalue weighted by Crippen LogP contribution is 2.31. The van der Waals surface area contributed by atoms with Gasteiger partial charge in [0.2, 0.25) is 11.8 Å². The van der Waals surface area contributed by atoms with E-state index in [0.29, 0.717) is 8.68 Å². The summed E-state index contributed by atoms with van der Waals surface area (Å²) in [6.07, 6.45) is 0.966. The van der Waals surface area contributed by atoms with Crippen LogP contribution in [0, 0.1) is 0 Å². The van der Waals surface area contributed by atoms with Crippen molar-refractivity contribution in [3.63, 3.8) is 0 Å². The van der Waals surface area contributed by atoms with E-state index < -0.39 is 5.91 Å². The van der Waals surface area contributed by atoms with Crippen LogP contribution in [-0.2, 0) is 16.0 Å². The minimum absolute atomic E-state index is 0.0919. The fourth-order valence-electron chi connectivity index (χ4n) is 1.71. The van der Waals surface area contributed by atoms with Crippen LogP contribution in [0.15, 0.2) is 32.9 Å². The molecule has 0 radical (unpaired) electrons. The van der Waals surface area contributed by atoms with Crippen LogP contribution in [0.5, 0.6) is 0 Å². The minimum atomic E-state index is -0.397. The van der Waals surface area contributed by atoms with Crippen LogP contribution in [-0.4, -0.2) is 33.0 Å². The molecule has 0 saturated heterocycles. The smallest absolute Gasteiger partial charge is 0.237 e. The summed E-state index contributed by atoms with van der Waals surface area (Å²) < 4.78 is 1.35. The number of anilines is 1. The van der Waals surface area contributed by atoms with Crippen molar-refractivity contribution in [1.29, 1.82) is 0 Å². The number of aryl methyl sites for hydroxylation is 1. The normalized spacial score (nSPS) is 11.9. The van der Waals surface area contributed by atoms with Gasteiger partial charge >= 0.3 is 0 Å². The van der Waals surface area contributed by atoms with Crippen LogP contribution in [0.3, 0.4) is 0 Å². The number of aromatic nitrogens is 2. The zero-order chi connectivity index (χ0) is 17.5. The summed E-state index contributed by atoms with van der Waals surface area (Å²) >= 11 is 3.93. The largest absolute Gasteiger partial charge is 0.369 e. The standard InChI is InChI=1S/C15H18N4O2S3/c1-3-10-4-6-11(7-5-10)17-13(21)9(2)23-15-19-18-14(24-15)22-8-12(16)20/h4-7,9H,3,8H2,1-2H3,(H2,16,20)(H,17,21)/t9-/m1/s1.